The Kier molecular flexibility index (Phi) is 8.95. The molecule has 0 radical (unpaired) electrons. The molecule has 1 saturated carbocycles. The molecule has 0 heterocycles. The van der Waals surface area contributed by atoms with Crippen LogP contribution in [0.1, 0.15) is 56.1 Å². The summed E-state index contributed by atoms with van der Waals surface area (Å²) >= 11 is 0. The van der Waals surface area contributed by atoms with E-state index in [2.05, 4.69) is 16.9 Å². The van der Waals surface area contributed by atoms with Gasteiger partial charge in [0.15, 0.2) is 11.6 Å². The lowest BCUT2D eigenvalue weighted by molar-refractivity contribution is -0.189. The summed E-state index contributed by atoms with van der Waals surface area (Å²) in [5, 5.41) is 0. The molecule has 0 amide bonds. The minimum absolute atomic E-state index is 0.191. The topological polar surface area (TPSA) is 9.23 Å². The molecule has 4 aromatic carbocycles. The second-order valence-electron chi connectivity index (χ2n) is 10.8. The molecule has 1 aliphatic rings. The molecule has 1 nitrogen and oxygen atoms in total. The summed E-state index contributed by atoms with van der Waals surface area (Å²) in [6, 6.07) is 14.8. The highest BCUT2D eigenvalue weighted by Gasteiger charge is 2.41. The molecule has 4 aromatic rings. The van der Waals surface area contributed by atoms with E-state index >= 15 is 4.39 Å². The SMILES string of the molecule is CC=CCC1CCC(c2ccc(-c3ccc(-c4cc(F)c(C(F)(F)Oc5ccc(F)c(F)c5)c(F)c4)c(F)c3)cc2)CC1. The van der Waals surface area contributed by atoms with Crippen molar-refractivity contribution < 1.29 is 35.5 Å². The largest absolute Gasteiger partial charge is 0.432 e. The first-order valence-corrected chi connectivity index (χ1v) is 14.1. The normalized spacial score (nSPS) is 17.4. The van der Waals surface area contributed by atoms with Gasteiger partial charge in [0.25, 0.3) is 0 Å². The van der Waals surface area contributed by atoms with Gasteiger partial charge >= 0.3 is 6.11 Å². The third-order valence-corrected chi connectivity index (χ3v) is 8.02. The third kappa shape index (κ3) is 6.79. The molecule has 0 aromatic heterocycles. The van der Waals surface area contributed by atoms with E-state index in [-0.39, 0.29) is 11.1 Å². The Hall–Kier alpha value is -4.07. The maximum atomic E-state index is 15.2. The number of benzene rings is 4. The Morgan fingerprint density at radius 2 is 1.30 bits per heavy atom. The second-order valence-corrected chi connectivity index (χ2v) is 10.8. The van der Waals surface area contributed by atoms with Gasteiger partial charge in [-0.25, -0.2) is 22.0 Å². The lowest BCUT2D eigenvalue weighted by Crippen LogP contribution is -2.25. The molecule has 0 saturated heterocycles. The van der Waals surface area contributed by atoms with Gasteiger partial charge in [-0.1, -0.05) is 48.6 Å². The van der Waals surface area contributed by atoms with Gasteiger partial charge in [0, 0.05) is 11.6 Å². The molecule has 0 unspecified atom stereocenters. The van der Waals surface area contributed by atoms with Crippen molar-refractivity contribution in [2.75, 3.05) is 0 Å². The van der Waals surface area contributed by atoms with Crippen LogP contribution in [-0.4, -0.2) is 0 Å². The van der Waals surface area contributed by atoms with Crippen molar-refractivity contribution in [1.29, 1.82) is 0 Å². The van der Waals surface area contributed by atoms with Gasteiger partial charge in [0.1, 0.15) is 28.8 Å². The van der Waals surface area contributed by atoms with Crippen molar-refractivity contribution in [2.24, 2.45) is 5.92 Å². The van der Waals surface area contributed by atoms with Crippen molar-refractivity contribution in [3.63, 3.8) is 0 Å². The maximum Gasteiger partial charge on any atom is 0.432 e. The summed E-state index contributed by atoms with van der Waals surface area (Å²) in [7, 11) is 0. The number of ether oxygens (including phenoxy) is 1. The van der Waals surface area contributed by atoms with Crippen LogP contribution >= 0.6 is 0 Å². The van der Waals surface area contributed by atoms with Crippen LogP contribution in [0.2, 0.25) is 0 Å². The monoisotopic (exact) mass is 598 g/mol. The summed E-state index contributed by atoms with van der Waals surface area (Å²) in [5.41, 5.74) is 0.312. The Bertz CT molecular complexity index is 1600. The fourth-order valence-corrected chi connectivity index (χ4v) is 5.68. The summed E-state index contributed by atoms with van der Waals surface area (Å²) in [5.74, 6) is -6.60. The summed E-state index contributed by atoms with van der Waals surface area (Å²) < 4.78 is 105. The molecule has 43 heavy (non-hydrogen) atoms. The average molecular weight is 599 g/mol. The predicted molar refractivity (Wildman–Crippen MR) is 152 cm³/mol. The van der Waals surface area contributed by atoms with E-state index in [4.69, 9.17) is 0 Å². The standard InChI is InChI=1S/C35H29F7O/c1-2-3-4-21-5-7-22(8-6-21)23-9-11-24(12-10-23)25-13-15-28(30(37)17-25)26-18-32(39)34(33(40)19-26)35(41,42)43-27-14-16-29(36)31(38)20-27/h2-3,9-22H,4-8H2,1H3. The highest BCUT2D eigenvalue weighted by Crippen LogP contribution is 2.40. The molecule has 224 valence electrons. The predicted octanol–water partition coefficient (Wildman–Crippen LogP) is 11.1. The fraction of sp³-hybridized carbons (Fsp3) is 0.257. The van der Waals surface area contributed by atoms with Crippen LogP contribution < -0.4 is 4.74 Å². The Balaban J connectivity index is 1.32. The highest BCUT2D eigenvalue weighted by molar-refractivity contribution is 5.71. The first-order chi connectivity index (χ1) is 20.6. The molecular weight excluding hydrogens is 569 g/mol. The first kappa shape index (κ1) is 30.4. The Labute approximate surface area is 245 Å². The van der Waals surface area contributed by atoms with Crippen LogP contribution in [0.3, 0.4) is 0 Å². The first-order valence-electron chi connectivity index (χ1n) is 14.1. The zero-order chi connectivity index (χ0) is 30.7. The number of rotatable bonds is 8. The zero-order valence-corrected chi connectivity index (χ0v) is 23.3. The summed E-state index contributed by atoms with van der Waals surface area (Å²) in [4.78, 5) is 0. The van der Waals surface area contributed by atoms with E-state index in [1.807, 2.05) is 31.2 Å². The summed E-state index contributed by atoms with van der Waals surface area (Å²) in [6.45, 7) is 2.04. The van der Waals surface area contributed by atoms with Gasteiger partial charge in [0.2, 0.25) is 0 Å². The number of hydrogen-bond donors (Lipinski definition) is 0. The van der Waals surface area contributed by atoms with Crippen LogP contribution in [0.25, 0.3) is 22.3 Å². The zero-order valence-electron chi connectivity index (χ0n) is 23.3. The minimum atomic E-state index is -4.57. The van der Waals surface area contributed by atoms with E-state index in [1.54, 1.807) is 6.07 Å². The van der Waals surface area contributed by atoms with Gasteiger partial charge in [-0.05, 0) is 103 Å². The van der Waals surface area contributed by atoms with Crippen molar-refractivity contribution in [3.8, 4) is 28.0 Å². The lowest BCUT2D eigenvalue weighted by Gasteiger charge is -2.28. The van der Waals surface area contributed by atoms with Crippen LogP contribution in [-0.2, 0) is 6.11 Å². The van der Waals surface area contributed by atoms with E-state index in [0.717, 1.165) is 30.7 Å². The van der Waals surface area contributed by atoms with E-state index in [1.165, 1.54) is 30.5 Å². The molecule has 0 spiro atoms. The maximum absolute atomic E-state index is 15.2. The molecule has 5 rings (SSSR count). The minimum Gasteiger partial charge on any atom is -0.429 e. The quantitative estimate of drug-likeness (QED) is 0.145. The number of hydrogen-bond acceptors (Lipinski definition) is 1. The van der Waals surface area contributed by atoms with Crippen LogP contribution in [0.5, 0.6) is 5.75 Å². The molecule has 0 atom stereocenters. The van der Waals surface area contributed by atoms with E-state index < -0.39 is 46.5 Å². The molecular formula is C35H29F7O. The Morgan fingerprint density at radius 1 is 0.674 bits per heavy atom. The lowest BCUT2D eigenvalue weighted by atomic mass is 9.77. The van der Waals surface area contributed by atoms with Crippen molar-refractivity contribution in [2.45, 2.75) is 51.1 Å². The van der Waals surface area contributed by atoms with E-state index in [0.29, 0.717) is 41.8 Å². The number of allylic oxidation sites excluding steroid dienone is 2. The highest BCUT2D eigenvalue weighted by atomic mass is 19.3. The molecule has 1 fully saturated rings. The molecule has 0 bridgehead atoms. The molecule has 0 N–H and O–H groups in total. The molecule has 1 aliphatic carbocycles. The molecule has 0 aliphatic heterocycles. The van der Waals surface area contributed by atoms with Crippen LogP contribution in [0.4, 0.5) is 30.7 Å². The van der Waals surface area contributed by atoms with Crippen molar-refractivity contribution in [3.05, 3.63) is 125 Å². The average Bonchev–Trinajstić information content (AvgIpc) is 2.97. The smallest absolute Gasteiger partial charge is 0.429 e. The van der Waals surface area contributed by atoms with Gasteiger partial charge in [-0.2, -0.15) is 8.78 Å². The van der Waals surface area contributed by atoms with Gasteiger partial charge in [-0.15, -0.1) is 0 Å². The Morgan fingerprint density at radius 3 is 1.91 bits per heavy atom. The third-order valence-electron chi connectivity index (χ3n) is 8.02. The number of alkyl halides is 2. The van der Waals surface area contributed by atoms with Crippen molar-refractivity contribution in [1.82, 2.24) is 0 Å². The van der Waals surface area contributed by atoms with Gasteiger partial charge in [0.05, 0.1) is 0 Å². The second kappa shape index (κ2) is 12.7. The molecule has 8 heteroatoms. The van der Waals surface area contributed by atoms with Gasteiger partial charge in [-0.3, -0.25) is 0 Å². The van der Waals surface area contributed by atoms with Crippen molar-refractivity contribution >= 4 is 0 Å². The summed E-state index contributed by atoms with van der Waals surface area (Å²) in [6.07, 6.45) is 5.48. The fourth-order valence-electron chi connectivity index (χ4n) is 5.68. The van der Waals surface area contributed by atoms with Gasteiger partial charge < -0.3 is 4.74 Å². The van der Waals surface area contributed by atoms with Crippen LogP contribution in [0, 0.1) is 35.0 Å². The number of halogens is 7. The van der Waals surface area contributed by atoms with Crippen LogP contribution in [0.15, 0.2) is 84.9 Å². The van der Waals surface area contributed by atoms with E-state index in [9.17, 15) is 26.3 Å².